The number of fused-ring (bicyclic) bond motifs is 1. The SMILES string of the molecule is CNc1cc2c(c(C(=O)NC[C@@H]3CCN(CCC4OCCO4)C[C@H]3O)c1)OCCCO2. The van der Waals surface area contributed by atoms with Crippen LogP contribution >= 0.6 is 0 Å². The summed E-state index contributed by atoms with van der Waals surface area (Å²) in [4.78, 5) is 15.2. The van der Waals surface area contributed by atoms with Crippen LogP contribution in [0.3, 0.4) is 0 Å². The number of hydrogen-bond donors (Lipinski definition) is 3. The molecule has 2 fully saturated rings. The van der Waals surface area contributed by atoms with Gasteiger partial charge in [-0.25, -0.2) is 0 Å². The highest BCUT2D eigenvalue weighted by Gasteiger charge is 2.29. The Labute approximate surface area is 183 Å². The van der Waals surface area contributed by atoms with Crippen molar-refractivity contribution in [2.45, 2.75) is 31.7 Å². The standard InChI is InChI=1S/C22H33N3O6/c1-23-16-11-17(21-19(12-16)28-7-2-8-31-21)22(27)24-13-15-3-5-25(14-18(15)26)6-4-20-29-9-10-30-20/h11-12,15,18,20,23,26H,2-10,13-14H2,1H3,(H,24,27)/t15-,18+/m0/s1. The van der Waals surface area contributed by atoms with Crippen molar-refractivity contribution in [1.82, 2.24) is 10.2 Å². The number of piperidine rings is 1. The molecular formula is C22H33N3O6. The highest BCUT2D eigenvalue weighted by atomic mass is 16.7. The smallest absolute Gasteiger partial charge is 0.255 e. The van der Waals surface area contributed by atoms with E-state index < -0.39 is 6.10 Å². The summed E-state index contributed by atoms with van der Waals surface area (Å²) in [6.45, 7) is 5.12. The van der Waals surface area contributed by atoms with Crippen LogP contribution in [0.25, 0.3) is 0 Å². The van der Waals surface area contributed by atoms with Crippen molar-refractivity contribution in [3.05, 3.63) is 17.7 Å². The van der Waals surface area contributed by atoms with E-state index in [2.05, 4.69) is 15.5 Å². The van der Waals surface area contributed by atoms with E-state index in [1.807, 2.05) is 6.07 Å². The van der Waals surface area contributed by atoms with Crippen LogP contribution in [0.1, 0.15) is 29.6 Å². The first kappa shape index (κ1) is 22.1. The first-order valence-electron chi connectivity index (χ1n) is 11.2. The van der Waals surface area contributed by atoms with Gasteiger partial charge in [-0.15, -0.1) is 0 Å². The van der Waals surface area contributed by atoms with E-state index in [4.69, 9.17) is 18.9 Å². The third kappa shape index (κ3) is 5.60. The number of rotatable bonds is 7. The van der Waals surface area contributed by atoms with Crippen LogP contribution in [0.5, 0.6) is 11.5 Å². The molecule has 9 nitrogen and oxygen atoms in total. The molecule has 0 aromatic heterocycles. The number of nitrogens with zero attached hydrogens (tertiary/aromatic N) is 1. The summed E-state index contributed by atoms with van der Waals surface area (Å²) in [6, 6.07) is 3.62. The molecule has 4 rings (SSSR count). The Kier molecular flexibility index (Phi) is 7.49. The maximum absolute atomic E-state index is 13.0. The second kappa shape index (κ2) is 10.5. The number of nitrogens with one attached hydrogen (secondary N) is 2. The number of anilines is 1. The molecule has 1 aromatic rings. The van der Waals surface area contributed by atoms with Crippen LogP contribution in [0.2, 0.25) is 0 Å². The van der Waals surface area contributed by atoms with Crippen molar-refractivity contribution >= 4 is 11.6 Å². The summed E-state index contributed by atoms with van der Waals surface area (Å²) in [5.74, 6) is 0.866. The summed E-state index contributed by atoms with van der Waals surface area (Å²) < 4.78 is 22.5. The minimum atomic E-state index is -0.486. The van der Waals surface area contributed by atoms with Gasteiger partial charge in [0, 0.05) is 57.2 Å². The fourth-order valence-electron chi connectivity index (χ4n) is 4.25. The molecule has 2 saturated heterocycles. The highest BCUT2D eigenvalue weighted by molar-refractivity contribution is 5.99. The molecule has 0 unspecified atom stereocenters. The second-order valence-corrected chi connectivity index (χ2v) is 8.24. The average molecular weight is 436 g/mol. The number of aliphatic hydroxyl groups is 1. The van der Waals surface area contributed by atoms with Gasteiger partial charge in [-0.1, -0.05) is 0 Å². The van der Waals surface area contributed by atoms with E-state index in [1.165, 1.54) is 0 Å². The Balaban J connectivity index is 1.31. The van der Waals surface area contributed by atoms with Crippen LogP contribution in [-0.4, -0.2) is 88.0 Å². The fourth-order valence-corrected chi connectivity index (χ4v) is 4.25. The predicted octanol–water partition coefficient (Wildman–Crippen LogP) is 1.07. The van der Waals surface area contributed by atoms with Gasteiger partial charge in [-0.2, -0.15) is 0 Å². The lowest BCUT2D eigenvalue weighted by molar-refractivity contribution is -0.0576. The second-order valence-electron chi connectivity index (χ2n) is 8.24. The van der Waals surface area contributed by atoms with Crippen LogP contribution in [0.4, 0.5) is 5.69 Å². The van der Waals surface area contributed by atoms with E-state index >= 15 is 0 Å². The van der Waals surface area contributed by atoms with Gasteiger partial charge in [0.25, 0.3) is 5.91 Å². The molecule has 0 radical (unpaired) electrons. The van der Waals surface area contributed by atoms with E-state index in [0.29, 0.717) is 56.6 Å². The summed E-state index contributed by atoms with van der Waals surface area (Å²) in [7, 11) is 1.80. The van der Waals surface area contributed by atoms with Crippen LogP contribution < -0.4 is 20.1 Å². The topological polar surface area (TPSA) is 102 Å². The van der Waals surface area contributed by atoms with Gasteiger partial charge in [0.2, 0.25) is 0 Å². The lowest BCUT2D eigenvalue weighted by Crippen LogP contribution is -2.48. The Bertz CT molecular complexity index is 755. The normalized spacial score (nSPS) is 24.6. The monoisotopic (exact) mass is 435 g/mol. The molecule has 3 aliphatic rings. The zero-order valence-corrected chi connectivity index (χ0v) is 18.1. The maximum atomic E-state index is 13.0. The van der Waals surface area contributed by atoms with Crippen LogP contribution in [0, 0.1) is 5.92 Å². The number of aliphatic hydroxyl groups excluding tert-OH is 1. The fraction of sp³-hybridized carbons (Fsp3) is 0.682. The number of β-amino-alcohol motifs (C(OH)–C–C–N with tert-alkyl or cyclic N) is 1. The summed E-state index contributed by atoms with van der Waals surface area (Å²) in [6.07, 6.45) is 1.79. The van der Waals surface area contributed by atoms with Gasteiger partial charge in [0.05, 0.1) is 38.1 Å². The zero-order chi connectivity index (χ0) is 21.6. The van der Waals surface area contributed by atoms with E-state index in [-0.39, 0.29) is 18.1 Å². The third-order valence-corrected chi connectivity index (χ3v) is 6.08. The van der Waals surface area contributed by atoms with E-state index in [9.17, 15) is 9.90 Å². The van der Waals surface area contributed by atoms with Crippen LogP contribution in [-0.2, 0) is 9.47 Å². The van der Waals surface area contributed by atoms with Crippen molar-refractivity contribution < 1.29 is 28.8 Å². The molecule has 172 valence electrons. The summed E-state index contributed by atoms with van der Waals surface area (Å²) >= 11 is 0. The van der Waals surface area contributed by atoms with E-state index in [0.717, 1.165) is 38.0 Å². The summed E-state index contributed by atoms with van der Waals surface area (Å²) in [5.41, 5.74) is 1.24. The first-order chi connectivity index (χ1) is 15.1. The van der Waals surface area contributed by atoms with Crippen molar-refractivity contribution in [3.63, 3.8) is 0 Å². The zero-order valence-electron chi connectivity index (χ0n) is 18.1. The Morgan fingerprint density at radius 2 is 2.00 bits per heavy atom. The lowest BCUT2D eigenvalue weighted by atomic mass is 9.93. The van der Waals surface area contributed by atoms with Gasteiger partial charge in [-0.3, -0.25) is 4.79 Å². The van der Waals surface area contributed by atoms with Crippen LogP contribution in [0.15, 0.2) is 12.1 Å². The molecule has 3 heterocycles. The Hall–Kier alpha value is -2.07. The Morgan fingerprint density at radius 3 is 2.77 bits per heavy atom. The van der Waals surface area contributed by atoms with Crippen molar-refractivity contribution in [1.29, 1.82) is 0 Å². The molecule has 3 aliphatic heterocycles. The van der Waals surface area contributed by atoms with Gasteiger partial charge in [-0.05, 0) is 19.0 Å². The largest absolute Gasteiger partial charge is 0.489 e. The average Bonchev–Trinajstić information content (AvgIpc) is 3.19. The highest BCUT2D eigenvalue weighted by Crippen LogP contribution is 2.36. The maximum Gasteiger partial charge on any atom is 0.255 e. The molecule has 31 heavy (non-hydrogen) atoms. The first-order valence-corrected chi connectivity index (χ1v) is 11.2. The molecule has 2 atom stereocenters. The number of ether oxygens (including phenoxy) is 4. The molecule has 3 N–H and O–H groups in total. The van der Waals surface area contributed by atoms with Gasteiger partial charge in [0.15, 0.2) is 17.8 Å². The number of amides is 1. The molecule has 1 amide bonds. The molecule has 0 bridgehead atoms. The number of carbonyl (C=O) groups excluding carboxylic acids is 1. The predicted molar refractivity (Wildman–Crippen MR) is 115 cm³/mol. The molecule has 0 spiro atoms. The molecule has 0 aliphatic carbocycles. The third-order valence-electron chi connectivity index (χ3n) is 6.08. The number of carbonyl (C=O) groups is 1. The van der Waals surface area contributed by atoms with Gasteiger partial charge < -0.3 is 39.6 Å². The van der Waals surface area contributed by atoms with Gasteiger partial charge in [0.1, 0.15) is 0 Å². The molecular weight excluding hydrogens is 402 g/mol. The minimum absolute atomic E-state index is 0.0161. The quantitative estimate of drug-likeness (QED) is 0.585. The molecule has 9 heteroatoms. The lowest BCUT2D eigenvalue weighted by Gasteiger charge is -2.36. The molecule has 1 aromatic carbocycles. The van der Waals surface area contributed by atoms with Crippen molar-refractivity contribution in [2.24, 2.45) is 5.92 Å². The Morgan fingerprint density at radius 1 is 1.19 bits per heavy atom. The minimum Gasteiger partial charge on any atom is -0.489 e. The number of likely N-dealkylation sites (tertiary alicyclic amines) is 1. The number of hydrogen-bond acceptors (Lipinski definition) is 8. The summed E-state index contributed by atoms with van der Waals surface area (Å²) in [5, 5.41) is 16.7. The number of benzene rings is 1. The van der Waals surface area contributed by atoms with E-state index in [1.54, 1.807) is 13.1 Å². The van der Waals surface area contributed by atoms with Crippen molar-refractivity contribution in [2.75, 3.05) is 65.0 Å². The molecule has 0 saturated carbocycles. The van der Waals surface area contributed by atoms with Gasteiger partial charge >= 0.3 is 0 Å². The van der Waals surface area contributed by atoms with Crippen molar-refractivity contribution in [3.8, 4) is 11.5 Å².